The molecule has 0 heterocycles. The fourth-order valence-corrected chi connectivity index (χ4v) is 1.09. The maximum absolute atomic E-state index is 9.08. The minimum Gasteiger partial charge on any atom is -0.748 e. The summed E-state index contributed by atoms with van der Waals surface area (Å²) in [5.41, 5.74) is 1.29. The molecule has 3 nitrogen and oxygen atoms in total. The molecule has 0 radical (unpaired) electrons. The number of hydrogen-bond donors (Lipinski definition) is 0. The van der Waals surface area contributed by atoms with E-state index in [1.807, 2.05) is 48.5 Å². The van der Waals surface area contributed by atoms with Crippen molar-refractivity contribution < 1.29 is 30.0 Å². The predicted molar refractivity (Wildman–Crippen MR) is 77.0 cm³/mol. The van der Waals surface area contributed by atoms with Crippen LogP contribution in [0.3, 0.4) is 0 Å². The van der Waals surface area contributed by atoms with Gasteiger partial charge in [0, 0.05) is 6.26 Å². The van der Waals surface area contributed by atoms with Crippen molar-refractivity contribution in [3.8, 4) is 0 Å². The molecule has 0 atom stereocenters. The van der Waals surface area contributed by atoms with Crippen LogP contribution in [0.5, 0.6) is 0 Å². The smallest absolute Gasteiger partial charge is 0.748 e. The van der Waals surface area contributed by atoms with Crippen LogP contribution in [0.15, 0.2) is 54.6 Å². The van der Waals surface area contributed by atoms with Crippen LogP contribution in [0.4, 0.5) is 0 Å². The van der Waals surface area contributed by atoms with Crippen LogP contribution in [0.25, 0.3) is 0 Å². The van der Waals surface area contributed by atoms with Crippen molar-refractivity contribution in [2.24, 2.45) is 0 Å². The average molecular weight is 335 g/mol. The quantitative estimate of drug-likeness (QED) is 0.457. The van der Waals surface area contributed by atoms with Crippen LogP contribution in [-0.4, -0.2) is 19.2 Å². The molecular formula is C15H19FeO3S-. The SMILES string of the molecule is CC(C)c1[c-]cccc1.CS(=O)(=O)[O-].[Fe+2].c1cc[cH-]c1. The molecule has 0 amide bonds. The first kappa shape index (κ1) is 21.3. The second-order valence-corrected chi connectivity index (χ2v) is 5.55. The molecule has 0 fully saturated rings. The Bertz CT molecular complexity index is 480. The van der Waals surface area contributed by atoms with E-state index in [-0.39, 0.29) is 17.1 Å². The van der Waals surface area contributed by atoms with Gasteiger partial charge in [0.15, 0.2) is 0 Å². The fraction of sp³-hybridized carbons (Fsp3) is 0.267. The summed E-state index contributed by atoms with van der Waals surface area (Å²) in [5, 5.41) is 0. The Kier molecular flexibility index (Phi) is 12.6. The molecule has 0 spiro atoms. The molecule has 5 heteroatoms. The van der Waals surface area contributed by atoms with Gasteiger partial charge in [-0.3, -0.25) is 0 Å². The second-order valence-electron chi connectivity index (χ2n) is 4.14. The first-order chi connectivity index (χ1) is 8.80. The summed E-state index contributed by atoms with van der Waals surface area (Å²) in [6, 6.07) is 21.3. The van der Waals surface area contributed by atoms with E-state index in [2.05, 4.69) is 26.0 Å². The molecule has 0 aromatic heterocycles. The van der Waals surface area contributed by atoms with Crippen LogP contribution in [0.1, 0.15) is 25.3 Å². The number of rotatable bonds is 1. The zero-order valence-corrected chi connectivity index (χ0v) is 13.7. The second kappa shape index (κ2) is 11.8. The topological polar surface area (TPSA) is 57.2 Å². The third kappa shape index (κ3) is 17.0. The summed E-state index contributed by atoms with van der Waals surface area (Å²) in [5.74, 6) is 0.603. The van der Waals surface area contributed by atoms with Gasteiger partial charge in [-0.15, -0.1) is 0 Å². The van der Waals surface area contributed by atoms with Gasteiger partial charge in [-0.25, -0.2) is 20.6 Å². The van der Waals surface area contributed by atoms with E-state index in [4.69, 9.17) is 13.0 Å². The zero-order valence-electron chi connectivity index (χ0n) is 11.8. The summed E-state index contributed by atoms with van der Waals surface area (Å²) < 4.78 is 27.2. The van der Waals surface area contributed by atoms with Gasteiger partial charge in [0.05, 0.1) is 10.1 Å². The summed E-state index contributed by atoms with van der Waals surface area (Å²) in [6.45, 7) is 4.34. The standard InChI is InChI=1S/C9H11.C5H5.CH4O3S.Fe/c1-8(2)9-6-4-3-5-7-9;1-2-4-5-3-1;1-5(2,3)4;/h3-6,8H,1-2H3;1-5H;1H3,(H,2,3,4);/q2*-1;;+2/p-1. The first-order valence-corrected chi connectivity index (χ1v) is 7.66. The van der Waals surface area contributed by atoms with Gasteiger partial charge >= 0.3 is 17.1 Å². The molecule has 0 aliphatic heterocycles. The molecule has 0 aliphatic carbocycles. The van der Waals surface area contributed by atoms with Gasteiger partial charge < -0.3 is 4.55 Å². The van der Waals surface area contributed by atoms with E-state index in [1.54, 1.807) is 0 Å². The van der Waals surface area contributed by atoms with Gasteiger partial charge in [0.25, 0.3) is 0 Å². The van der Waals surface area contributed by atoms with E-state index in [1.165, 1.54) is 5.56 Å². The molecule has 0 unspecified atom stereocenters. The van der Waals surface area contributed by atoms with E-state index in [0.717, 1.165) is 0 Å². The Hall–Kier alpha value is -1.00. The normalized spacial score (nSPS) is 9.45. The third-order valence-electron chi connectivity index (χ3n) is 1.91. The Morgan fingerprint density at radius 1 is 1.15 bits per heavy atom. The Morgan fingerprint density at radius 2 is 1.65 bits per heavy atom. The zero-order chi connectivity index (χ0) is 14.7. The summed E-state index contributed by atoms with van der Waals surface area (Å²) in [4.78, 5) is 0. The van der Waals surface area contributed by atoms with Crippen molar-refractivity contribution in [1.82, 2.24) is 0 Å². The van der Waals surface area contributed by atoms with E-state index in [0.29, 0.717) is 12.2 Å². The minimum absolute atomic E-state index is 0. The van der Waals surface area contributed by atoms with E-state index < -0.39 is 10.1 Å². The largest absolute Gasteiger partial charge is 2.00 e. The number of benzene rings is 1. The molecule has 0 saturated carbocycles. The molecule has 0 saturated heterocycles. The molecule has 2 aromatic carbocycles. The van der Waals surface area contributed by atoms with Gasteiger partial charge in [-0.2, -0.15) is 54.1 Å². The van der Waals surface area contributed by atoms with Crippen molar-refractivity contribution in [3.05, 3.63) is 66.2 Å². The first-order valence-electron chi connectivity index (χ1n) is 5.85. The average Bonchev–Trinajstić information content (AvgIpc) is 2.86. The maximum atomic E-state index is 9.08. The minimum atomic E-state index is -3.92. The van der Waals surface area contributed by atoms with Crippen LogP contribution in [0.2, 0.25) is 0 Å². The molecule has 0 N–H and O–H groups in total. The monoisotopic (exact) mass is 335 g/mol. The van der Waals surface area contributed by atoms with Gasteiger partial charge in [-0.1, -0.05) is 13.8 Å². The van der Waals surface area contributed by atoms with Crippen molar-refractivity contribution in [2.45, 2.75) is 19.8 Å². The van der Waals surface area contributed by atoms with E-state index in [9.17, 15) is 0 Å². The summed E-state index contributed by atoms with van der Waals surface area (Å²) in [7, 11) is -3.92. The molecule has 20 heavy (non-hydrogen) atoms. The predicted octanol–water partition coefficient (Wildman–Crippen LogP) is 3.17. The van der Waals surface area contributed by atoms with Crippen LogP contribution >= 0.6 is 0 Å². The Morgan fingerprint density at radius 3 is 1.85 bits per heavy atom. The maximum Gasteiger partial charge on any atom is 2.00 e. The van der Waals surface area contributed by atoms with Crippen LogP contribution < -0.4 is 0 Å². The Labute approximate surface area is 132 Å². The van der Waals surface area contributed by atoms with Crippen LogP contribution in [0, 0.1) is 6.07 Å². The fourth-order valence-electron chi connectivity index (χ4n) is 1.09. The molecule has 0 bridgehead atoms. The summed E-state index contributed by atoms with van der Waals surface area (Å²) in [6.07, 6.45) is 0.604. The van der Waals surface area contributed by atoms with Gasteiger partial charge in [-0.05, 0) is 5.92 Å². The van der Waals surface area contributed by atoms with Crippen LogP contribution in [-0.2, 0) is 27.2 Å². The molecular weight excluding hydrogens is 316 g/mol. The molecule has 0 aliphatic rings. The van der Waals surface area contributed by atoms with Crippen molar-refractivity contribution in [1.29, 1.82) is 0 Å². The number of hydrogen-bond acceptors (Lipinski definition) is 3. The van der Waals surface area contributed by atoms with E-state index >= 15 is 0 Å². The summed E-state index contributed by atoms with van der Waals surface area (Å²) >= 11 is 0. The van der Waals surface area contributed by atoms with Gasteiger partial charge in [0.2, 0.25) is 0 Å². The van der Waals surface area contributed by atoms with Gasteiger partial charge in [0.1, 0.15) is 0 Å². The van der Waals surface area contributed by atoms with Crippen molar-refractivity contribution >= 4 is 10.1 Å². The third-order valence-corrected chi connectivity index (χ3v) is 1.91. The Balaban J connectivity index is 0. The molecule has 112 valence electrons. The van der Waals surface area contributed by atoms with Crippen molar-refractivity contribution in [3.63, 3.8) is 0 Å². The van der Waals surface area contributed by atoms with Crippen molar-refractivity contribution in [2.75, 3.05) is 6.26 Å². The molecule has 2 aromatic rings. The molecule has 2 rings (SSSR count).